The summed E-state index contributed by atoms with van der Waals surface area (Å²) in [4.78, 5) is 5.00. The highest BCUT2D eigenvalue weighted by atomic mass is 15.4. The van der Waals surface area contributed by atoms with Gasteiger partial charge in [0.2, 0.25) is 0 Å². The number of piperidine rings is 1. The lowest BCUT2D eigenvalue weighted by Gasteiger charge is -2.42. The molecule has 0 amide bonds. The van der Waals surface area contributed by atoms with Gasteiger partial charge in [-0.25, -0.2) is 0 Å². The minimum Gasteiger partial charge on any atom is -0.365 e. The molecular weight excluding hydrogens is 366 g/mol. The number of fused-ring (bicyclic) bond motifs is 1. The summed E-state index contributed by atoms with van der Waals surface area (Å²) in [6.07, 6.45) is 8.75. The Morgan fingerprint density at radius 2 is 1.70 bits per heavy atom. The van der Waals surface area contributed by atoms with Crippen LogP contribution in [0, 0.1) is 6.92 Å². The van der Waals surface area contributed by atoms with E-state index in [4.69, 9.17) is 0 Å². The summed E-state index contributed by atoms with van der Waals surface area (Å²) in [5.41, 5.74) is 3.94. The summed E-state index contributed by atoms with van der Waals surface area (Å²) in [5, 5.41) is 6.50. The first-order chi connectivity index (χ1) is 14.6. The number of hydrogen-bond donors (Lipinski definition) is 1. The zero-order valence-electron chi connectivity index (χ0n) is 18.3. The van der Waals surface area contributed by atoms with Crippen molar-refractivity contribution >= 4 is 11.9 Å². The summed E-state index contributed by atoms with van der Waals surface area (Å²) in [6.45, 7) is 8.98. The fraction of sp³-hybridized carbons (Fsp3) is 0.407. The van der Waals surface area contributed by atoms with E-state index in [1.807, 2.05) is 0 Å². The van der Waals surface area contributed by atoms with E-state index in [1.165, 1.54) is 59.5 Å². The quantitative estimate of drug-likeness (QED) is 0.831. The zero-order chi connectivity index (χ0) is 20.7. The van der Waals surface area contributed by atoms with Crippen molar-refractivity contribution in [3.05, 3.63) is 82.4 Å². The Labute approximate surface area is 180 Å². The Hall–Kier alpha value is -2.68. The Kier molecular flexibility index (Phi) is 4.85. The van der Waals surface area contributed by atoms with Crippen molar-refractivity contribution in [1.29, 1.82) is 0 Å². The second-order valence-corrected chi connectivity index (χ2v) is 9.25. The molecule has 2 aromatic rings. The molecule has 3 aliphatic rings. The van der Waals surface area contributed by atoms with Crippen molar-refractivity contribution in [3.63, 3.8) is 0 Å². The highest BCUT2D eigenvalue weighted by Crippen LogP contribution is 2.52. The highest BCUT2D eigenvalue weighted by Gasteiger charge is 2.47. The number of hydrogen-bond acceptors (Lipinski definition) is 3. The molecule has 3 heteroatoms. The summed E-state index contributed by atoms with van der Waals surface area (Å²) < 4.78 is 0. The van der Waals surface area contributed by atoms with Gasteiger partial charge >= 0.3 is 0 Å². The first-order valence-corrected chi connectivity index (χ1v) is 11.4. The van der Waals surface area contributed by atoms with E-state index >= 15 is 0 Å². The van der Waals surface area contributed by atoms with E-state index in [-0.39, 0.29) is 11.6 Å². The molecule has 1 saturated carbocycles. The molecule has 0 spiro atoms. The minimum absolute atomic E-state index is 0.0879. The molecule has 2 heterocycles. The molecule has 3 nitrogen and oxygen atoms in total. The number of benzene rings is 2. The van der Waals surface area contributed by atoms with Crippen LogP contribution in [0.1, 0.15) is 43.2 Å². The third-order valence-electron chi connectivity index (χ3n) is 7.20. The number of likely N-dealkylation sites (tertiary alicyclic amines) is 1. The predicted octanol–water partition coefficient (Wildman–Crippen LogP) is 3.43. The maximum absolute atomic E-state index is 4.53. The fourth-order valence-corrected chi connectivity index (χ4v) is 5.17. The Morgan fingerprint density at radius 1 is 1.00 bits per heavy atom. The largest absolute Gasteiger partial charge is 0.365 e. The van der Waals surface area contributed by atoms with Crippen LogP contribution in [-0.4, -0.2) is 36.1 Å². The standard InChI is InChI=1S/C27H33N3/c1-20-11-13-23(14-12-20)27(15-16-27)21(2)28-25-19-22-9-5-6-10-24(22)26(29(25)3)30-17-7-4-8-18-30/h5-6,9-14,19,25,28H,2,4,7-8,15-18H2,1,3H3. The van der Waals surface area contributed by atoms with Crippen molar-refractivity contribution in [1.82, 2.24) is 15.1 Å². The normalized spacial score (nSPS) is 22.2. The molecule has 1 unspecified atom stereocenters. The van der Waals surface area contributed by atoms with E-state index in [9.17, 15) is 0 Å². The van der Waals surface area contributed by atoms with Crippen LogP contribution in [0.25, 0.3) is 11.9 Å². The van der Waals surface area contributed by atoms with Gasteiger partial charge in [-0.05, 0) is 55.9 Å². The monoisotopic (exact) mass is 399 g/mol. The first-order valence-electron chi connectivity index (χ1n) is 11.4. The van der Waals surface area contributed by atoms with E-state index < -0.39 is 0 Å². The van der Waals surface area contributed by atoms with Gasteiger partial charge in [-0.2, -0.15) is 0 Å². The van der Waals surface area contributed by atoms with Crippen molar-refractivity contribution < 1.29 is 0 Å². The number of rotatable bonds is 5. The minimum atomic E-state index is 0.0879. The molecule has 5 rings (SSSR count). The molecule has 1 aliphatic carbocycles. The van der Waals surface area contributed by atoms with Gasteiger partial charge < -0.3 is 15.1 Å². The van der Waals surface area contributed by atoms with Gasteiger partial charge in [0, 0.05) is 36.5 Å². The molecular formula is C27H33N3. The van der Waals surface area contributed by atoms with E-state index in [2.05, 4.69) is 90.3 Å². The maximum atomic E-state index is 4.53. The smallest absolute Gasteiger partial charge is 0.120 e. The molecule has 0 aromatic heterocycles. The van der Waals surface area contributed by atoms with Gasteiger partial charge in [0.05, 0.1) is 0 Å². The van der Waals surface area contributed by atoms with Crippen LogP contribution in [-0.2, 0) is 5.41 Å². The summed E-state index contributed by atoms with van der Waals surface area (Å²) >= 11 is 0. The Bertz CT molecular complexity index is 1060. The van der Waals surface area contributed by atoms with Crippen LogP contribution < -0.4 is 15.8 Å². The second-order valence-electron chi connectivity index (χ2n) is 9.25. The van der Waals surface area contributed by atoms with E-state index in [1.54, 1.807) is 0 Å². The number of nitrogens with one attached hydrogen (secondary N) is 1. The topological polar surface area (TPSA) is 18.5 Å². The molecule has 2 fully saturated rings. The van der Waals surface area contributed by atoms with Crippen LogP contribution in [0.2, 0.25) is 0 Å². The number of allylic oxidation sites excluding steroid dienone is 1. The van der Waals surface area contributed by atoms with Gasteiger partial charge in [0.1, 0.15) is 12.0 Å². The third kappa shape index (κ3) is 3.30. The molecule has 156 valence electrons. The van der Waals surface area contributed by atoms with E-state index in [0.29, 0.717) is 0 Å². The van der Waals surface area contributed by atoms with Crippen molar-refractivity contribution in [2.45, 2.75) is 50.6 Å². The summed E-state index contributed by atoms with van der Waals surface area (Å²) in [6, 6.07) is 17.8. The van der Waals surface area contributed by atoms with Gasteiger partial charge in [0.25, 0.3) is 0 Å². The average Bonchev–Trinajstić information content (AvgIpc) is 3.58. The van der Waals surface area contributed by atoms with Crippen LogP contribution >= 0.6 is 0 Å². The van der Waals surface area contributed by atoms with Crippen molar-refractivity contribution in [3.8, 4) is 0 Å². The first kappa shape index (κ1) is 19.3. The maximum Gasteiger partial charge on any atom is 0.120 e. The van der Waals surface area contributed by atoms with Crippen LogP contribution in [0.3, 0.4) is 0 Å². The van der Waals surface area contributed by atoms with Gasteiger partial charge in [-0.1, -0.05) is 60.7 Å². The third-order valence-corrected chi connectivity index (χ3v) is 7.20. The van der Waals surface area contributed by atoms with Crippen LogP contribution in [0.15, 0.2) is 60.8 Å². The lowest BCUT2D eigenvalue weighted by atomic mass is 9.92. The molecule has 0 radical (unpaired) electrons. The average molecular weight is 400 g/mol. The molecule has 1 atom stereocenters. The number of aryl methyl sites for hydroxylation is 1. The molecule has 1 N–H and O–H groups in total. The second kappa shape index (κ2) is 7.54. The lowest BCUT2D eigenvalue weighted by Crippen LogP contribution is -2.54. The van der Waals surface area contributed by atoms with Crippen molar-refractivity contribution in [2.24, 2.45) is 0 Å². The van der Waals surface area contributed by atoms with Crippen LogP contribution in [0.5, 0.6) is 0 Å². The Morgan fingerprint density at radius 3 is 2.40 bits per heavy atom. The molecule has 1 saturated heterocycles. The van der Waals surface area contributed by atoms with Gasteiger partial charge in [0.15, 0.2) is 0 Å². The van der Waals surface area contributed by atoms with E-state index in [0.717, 1.165) is 18.8 Å². The molecule has 2 aliphatic heterocycles. The molecule has 2 aromatic carbocycles. The lowest BCUT2D eigenvalue weighted by molar-refractivity contribution is 0.239. The fourth-order valence-electron chi connectivity index (χ4n) is 5.17. The molecule has 0 bridgehead atoms. The van der Waals surface area contributed by atoms with Crippen LogP contribution in [0.4, 0.5) is 0 Å². The molecule has 30 heavy (non-hydrogen) atoms. The van der Waals surface area contributed by atoms with Gasteiger partial charge in [-0.3, -0.25) is 0 Å². The number of nitrogens with zero attached hydrogens (tertiary/aromatic N) is 2. The Balaban J connectivity index is 1.45. The predicted molar refractivity (Wildman–Crippen MR) is 125 cm³/mol. The van der Waals surface area contributed by atoms with Crippen molar-refractivity contribution in [2.75, 3.05) is 20.1 Å². The summed E-state index contributed by atoms with van der Waals surface area (Å²) in [7, 11) is 2.23. The highest BCUT2D eigenvalue weighted by molar-refractivity contribution is 5.52. The zero-order valence-corrected chi connectivity index (χ0v) is 18.3. The summed E-state index contributed by atoms with van der Waals surface area (Å²) in [5.74, 6) is 1.36. The SMILES string of the molecule is C=C(NC1C=c2ccccc2=C(N2CCCCC2)N1C)C1(c2ccc(C)cc2)CC1. The van der Waals surface area contributed by atoms with Gasteiger partial charge in [-0.15, -0.1) is 0 Å².